The van der Waals surface area contributed by atoms with Crippen molar-refractivity contribution in [2.45, 2.75) is 57.6 Å². The number of aliphatic imine (C=N–C) groups is 1. The molecule has 5 rings (SSSR count). The zero-order valence-corrected chi connectivity index (χ0v) is 17.4. The highest BCUT2D eigenvalue weighted by Gasteiger charge is 2.59. The lowest BCUT2D eigenvalue weighted by Gasteiger charge is -2.58. The van der Waals surface area contributed by atoms with E-state index in [1.165, 1.54) is 0 Å². The molecule has 4 fully saturated rings. The van der Waals surface area contributed by atoms with Gasteiger partial charge in [-0.25, -0.2) is 0 Å². The molecule has 6 nitrogen and oxygen atoms in total. The van der Waals surface area contributed by atoms with Crippen LogP contribution in [0, 0.1) is 34.6 Å². The molecule has 4 aliphatic rings. The van der Waals surface area contributed by atoms with Crippen LogP contribution in [-0.2, 0) is 4.79 Å². The highest BCUT2D eigenvalue weighted by molar-refractivity contribution is 6.30. The number of nitrogens with zero attached hydrogens (tertiary/aromatic N) is 2. The maximum Gasteiger partial charge on any atom is 0.309 e. The van der Waals surface area contributed by atoms with Crippen molar-refractivity contribution in [1.82, 2.24) is 5.32 Å². The van der Waals surface area contributed by atoms with Crippen molar-refractivity contribution < 1.29 is 14.6 Å². The van der Waals surface area contributed by atoms with Gasteiger partial charge in [0, 0.05) is 11.1 Å². The Morgan fingerprint density at radius 2 is 1.90 bits per heavy atom. The van der Waals surface area contributed by atoms with Gasteiger partial charge in [0.05, 0.1) is 5.41 Å². The second-order valence-corrected chi connectivity index (χ2v) is 9.79. The Morgan fingerprint density at radius 1 is 1.28 bits per heavy atom. The van der Waals surface area contributed by atoms with Gasteiger partial charge in [0.25, 0.3) is 0 Å². The van der Waals surface area contributed by atoms with Crippen molar-refractivity contribution in [2.24, 2.45) is 28.2 Å². The van der Waals surface area contributed by atoms with Crippen LogP contribution < -0.4 is 10.1 Å². The van der Waals surface area contributed by atoms with Gasteiger partial charge in [0.2, 0.25) is 6.19 Å². The van der Waals surface area contributed by atoms with Gasteiger partial charge in [-0.1, -0.05) is 11.6 Å². The van der Waals surface area contributed by atoms with E-state index in [1.807, 2.05) is 20.0 Å². The quantitative estimate of drug-likeness (QED) is 0.426. The summed E-state index contributed by atoms with van der Waals surface area (Å²) in [4.78, 5) is 16.0. The second-order valence-electron chi connectivity index (χ2n) is 9.35. The van der Waals surface area contributed by atoms with Crippen LogP contribution in [0.5, 0.6) is 5.75 Å². The molecule has 0 radical (unpaired) electrons. The third kappa shape index (κ3) is 3.69. The molecule has 29 heavy (non-hydrogen) atoms. The molecular formula is C22H26ClN3O3. The Bertz CT molecular complexity index is 858. The minimum absolute atomic E-state index is 0.124. The molecule has 0 aliphatic heterocycles. The zero-order valence-electron chi connectivity index (χ0n) is 16.7. The summed E-state index contributed by atoms with van der Waals surface area (Å²) in [7, 11) is 0. The number of carboxylic acid groups (broad SMARTS) is 1. The van der Waals surface area contributed by atoms with Crippen molar-refractivity contribution in [3.8, 4) is 11.9 Å². The third-order valence-electron chi connectivity index (χ3n) is 6.95. The van der Waals surface area contributed by atoms with E-state index in [0.29, 0.717) is 35.4 Å². The Hall–Kier alpha value is -2.26. The average Bonchev–Trinajstić information content (AvgIpc) is 2.65. The first-order valence-corrected chi connectivity index (χ1v) is 10.5. The van der Waals surface area contributed by atoms with E-state index in [1.54, 1.807) is 24.3 Å². The van der Waals surface area contributed by atoms with E-state index in [9.17, 15) is 15.2 Å². The number of nitriles is 1. The van der Waals surface area contributed by atoms with Crippen molar-refractivity contribution in [3.63, 3.8) is 0 Å². The zero-order chi connectivity index (χ0) is 20.8. The molecule has 0 saturated heterocycles. The van der Waals surface area contributed by atoms with E-state index in [4.69, 9.17) is 16.3 Å². The number of amidine groups is 1. The topological polar surface area (TPSA) is 94.7 Å². The van der Waals surface area contributed by atoms with Gasteiger partial charge in [-0.15, -0.1) is 0 Å². The molecule has 154 valence electrons. The predicted molar refractivity (Wildman–Crippen MR) is 110 cm³/mol. The lowest BCUT2D eigenvalue weighted by Crippen LogP contribution is -2.63. The van der Waals surface area contributed by atoms with E-state index in [-0.39, 0.29) is 17.9 Å². The molecular weight excluding hydrogens is 390 g/mol. The minimum Gasteiger partial charge on any atom is -0.481 e. The van der Waals surface area contributed by atoms with Gasteiger partial charge in [0.1, 0.15) is 5.75 Å². The van der Waals surface area contributed by atoms with Crippen LogP contribution in [0.2, 0.25) is 5.02 Å². The molecule has 2 atom stereocenters. The molecule has 1 aromatic carbocycles. The van der Waals surface area contributed by atoms with Crippen LogP contribution in [-0.4, -0.2) is 28.6 Å². The van der Waals surface area contributed by atoms with E-state index < -0.39 is 17.0 Å². The van der Waals surface area contributed by atoms with Crippen LogP contribution in [0.1, 0.15) is 46.0 Å². The number of ether oxygens (including phenoxy) is 1. The molecule has 2 N–H and O–H groups in total. The standard InChI is InChI=1S/C22H26ClN3O3/c1-21(2,29-17-5-3-16(23)4-6-17)19(25-12-24)26-18-14-7-13-8-15(18)11-22(9-13,10-14)20(27)28/h3-6,13-15,18H,7-11H2,1-2H3,(H,25,26)(H,27,28). The average molecular weight is 416 g/mol. The van der Waals surface area contributed by atoms with Crippen LogP contribution in [0.3, 0.4) is 0 Å². The Balaban J connectivity index is 1.53. The molecule has 4 saturated carbocycles. The number of rotatable bonds is 5. The highest BCUT2D eigenvalue weighted by atomic mass is 35.5. The number of carbonyl (C=O) groups is 1. The van der Waals surface area contributed by atoms with Crippen LogP contribution in [0.25, 0.3) is 0 Å². The fourth-order valence-corrected chi connectivity index (χ4v) is 6.04. The number of carboxylic acids is 1. The van der Waals surface area contributed by atoms with Crippen LogP contribution in [0.4, 0.5) is 0 Å². The summed E-state index contributed by atoms with van der Waals surface area (Å²) in [5.74, 6) is 1.54. The Kier molecular flexibility index (Phi) is 4.98. The third-order valence-corrected chi connectivity index (χ3v) is 7.20. The van der Waals surface area contributed by atoms with E-state index in [2.05, 4.69) is 10.3 Å². The summed E-state index contributed by atoms with van der Waals surface area (Å²) >= 11 is 5.95. The number of benzene rings is 1. The fourth-order valence-electron chi connectivity index (χ4n) is 5.92. The number of hydrogen-bond donors (Lipinski definition) is 2. The SMILES string of the molecule is CC(C)(Oc1ccc(Cl)cc1)/C(=N\C#N)NC1C2CC3CC1CC(C(=O)O)(C3)C2. The normalized spacial score (nSPS) is 33.2. The van der Waals surface area contributed by atoms with E-state index in [0.717, 1.165) is 19.3 Å². The van der Waals surface area contributed by atoms with Gasteiger partial charge < -0.3 is 15.2 Å². The number of aliphatic carboxylic acids is 1. The summed E-state index contributed by atoms with van der Waals surface area (Å²) in [6, 6.07) is 7.20. The molecule has 2 unspecified atom stereocenters. The van der Waals surface area contributed by atoms with Gasteiger partial charge in [0.15, 0.2) is 11.4 Å². The lowest BCUT2D eigenvalue weighted by molar-refractivity contribution is -0.166. The molecule has 0 amide bonds. The molecule has 4 aliphatic carbocycles. The second kappa shape index (κ2) is 7.21. The van der Waals surface area contributed by atoms with Crippen molar-refractivity contribution >= 4 is 23.4 Å². The van der Waals surface area contributed by atoms with E-state index >= 15 is 0 Å². The first-order chi connectivity index (χ1) is 13.7. The summed E-state index contributed by atoms with van der Waals surface area (Å²) < 4.78 is 6.13. The lowest BCUT2D eigenvalue weighted by atomic mass is 9.48. The van der Waals surface area contributed by atoms with Crippen molar-refractivity contribution in [3.05, 3.63) is 29.3 Å². The Labute approximate surface area is 175 Å². The maximum atomic E-state index is 12.0. The maximum absolute atomic E-state index is 12.0. The number of halogens is 1. The number of hydrogen-bond acceptors (Lipinski definition) is 4. The van der Waals surface area contributed by atoms with Gasteiger partial charge in [-0.2, -0.15) is 10.3 Å². The molecule has 0 aromatic heterocycles. The largest absolute Gasteiger partial charge is 0.481 e. The molecule has 4 bridgehead atoms. The van der Waals surface area contributed by atoms with Crippen molar-refractivity contribution in [1.29, 1.82) is 5.26 Å². The van der Waals surface area contributed by atoms with Gasteiger partial charge in [-0.05, 0) is 88.0 Å². The summed E-state index contributed by atoms with van der Waals surface area (Å²) in [6.07, 6.45) is 6.20. The summed E-state index contributed by atoms with van der Waals surface area (Å²) in [5, 5.41) is 23.2. The Morgan fingerprint density at radius 3 is 2.45 bits per heavy atom. The number of nitrogens with one attached hydrogen (secondary N) is 1. The van der Waals surface area contributed by atoms with Gasteiger partial charge >= 0.3 is 5.97 Å². The summed E-state index contributed by atoms with van der Waals surface area (Å²) in [6.45, 7) is 3.75. The minimum atomic E-state index is -0.845. The first-order valence-electron chi connectivity index (χ1n) is 10.1. The molecule has 0 spiro atoms. The molecule has 1 aromatic rings. The predicted octanol–water partition coefficient (Wildman–Crippen LogP) is 4.25. The smallest absolute Gasteiger partial charge is 0.309 e. The molecule has 0 heterocycles. The van der Waals surface area contributed by atoms with Crippen molar-refractivity contribution in [2.75, 3.05) is 0 Å². The molecule has 7 heteroatoms. The van der Waals surface area contributed by atoms with Crippen LogP contribution >= 0.6 is 11.6 Å². The highest BCUT2D eigenvalue weighted by Crippen LogP contribution is 2.60. The van der Waals surface area contributed by atoms with Crippen LogP contribution in [0.15, 0.2) is 29.3 Å². The van der Waals surface area contributed by atoms with Gasteiger partial charge in [-0.3, -0.25) is 4.79 Å². The summed E-state index contributed by atoms with van der Waals surface area (Å²) in [5.41, 5.74) is -1.40. The monoisotopic (exact) mass is 415 g/mol. The first kappa shape index (κ1) is 20.0. The fraction of sp³-hybridized carbons (Fsp3) is 0.591.